The number of aromatic nitrogens is 1. The van der Waals surface area contributed by atoms with E-state index in [1.807, 2.05) is 23.2 Å². The Bertz CT molecular complexity index is 772. The lowest BCUT2D eigenvalue weighted by atomic mass is 9.91. The van der Waals surface area contributed by atoms with Crippen molar-refractivity contribution >= 4 is 5.91 Å². The van der Waals surface area contributed by atoms with Crippen molar-refractivity contribution in [3.8, 4) is 0 Å². The standard InChI is InChI=1S/C22H26FN3O/c23-19-5-3-17(4-6-19)7-13-26(16-18-2-1-10-25-15-18)21(27)20-14-22(20)8-11-24-12-9-22/h1-6,10,15,20,24H,7-9,11-14,16H2/t20-/m1/s1. The van der Waals surface area contributed by atoms with Crippen LogP contribution in [0, 0.1) is 17.2 Å². The minimum Gasteiger partial charge on any atom is -0.338 e. The molecule has 1 spiro atoms. The van der Waals surface area contributed by atoms with Crippen LogP contribution in [0.1, 0.15) is 30.4 Å². The van der Waals surface area contributed by atoms with Crippen molar-refractivity contribution in [1.29, 1.82) is 0 Å². The second-order valence-electron chi connectivity index (χ2n) is 7.87. The number of piperidine rings is 1. The van der Waals surface area contributed by atoms with Gasteiger partial charge in [0, 0.05) is 31.4 Å². The van der Waals surface area contributed by atoms with Crippen molar-refractivity contribution in [2.24, 2.45) is 11.3 Å². The topological polar surface area (TPSA) is 45.2 Å². The predicted octanol–water partition coefficient (Wildman–Crippen LogP) is 3.18. The van der Waals surface area contributed by atoms with Gasteiger partial charge in [-0.15, -0.1) is 0 Å². The van der Waals surface area contributed by atoms with Crippen LogP contribution in [0.25, 0.3) is 0 Å². The van der Waals surface area contributed by atoms with Gasteiger partial charge in [0.05, 0.1) is 0 Å². The summed E-state index contributed by atoms with van der Waals surface area (Å²) in [6.45, 7) is 3.26. The maximum Gasteiger partial charge on any atom is 0.226 e. The monoisotopic (exact) mass is 367 g/mol. The first-order valence-electron chi connectivity index (χ1n) is 9.79. The maximum atomic E-state index is 13.3. The largest absolute Gasteiger partial charge is 0.338 e. The molecule has 2 heterocycles. The fourth-order valence-corrected chi connectivity index (χ4v) is 4.29. The normalized spacial score (nSPS) is 20.4. The second-order valence-corrected chi connectivity index (χ2v) is 7.87. The van der Waals surface area contributed by atoms with Crippen LogP contribution in [0.5, 0.6) is 0 Å². The number of benzene rings is 1. The molecule has 1 aromatic heterocycles. The first-order valence-corrected chi connectivity index (χ1v) is 9.79. The number of rotatable bonds is 6. The van der Waals surface area contributed by atoms with E-state index in [1.165, 1.54) is 12.1 Å². The molecular weight excluding hydrogens is 341 g/mol. The molecule has 1 aliphatic carbocycles. The molecule has 27 heavy (non-hydrogen) atoms. The number of nitrogens with one attached hydrogen (secondary N) is 1. The van der Waals surface area contributed by atoms with Crippen LogP contribution < -0.4 is 5.32 Å². The lowest BCUT2D eigenvalue weighted by molar-refractivity contribution is -0.134. The number of halogens is 1. The molecule has 0 radical (unpaired) electrons. The van der Waals surface area contributed by atoms with Crippen molar-refractivity contribution < 1.29 is 9.18 Å². The number of hydrogen-bond acceptors (Lipinski definition) is 3. The number of pyridine rings is 1. The molecule has 1 saturated carbocycles. The predicted molar refractivity (Wildman–Crippen MR) is 102 cm³/mol. The Morgan fingerprint density at radius 1 is 1.19 bits per heavy atom. The fourth-order valence-electron chi connectivity index (χ4n) is 4.29. The van der Waals surface area contributed by atoms with Crippen LogP contribution in [-0.4, -0.2) is 35.4 Å². The summed E-state index contributed by atoms with van der Waals surface area (Å²) in [4.78, 5) is 19.4. The fraction of sp³-hybridized carbons (Fsp3) is 0.455. The van der Waals surface area contributed by atoms with Gasteiger partial charge < -0.3 is 10.2 Å². The molecule has 0 bridgehead atoms. The Balaban J connectivity index is 1.45. The van der Waals surface area contributed by atoms with E-state index in [0.29, 0.717) is 13.1 Å². The van der Waals surface area contributed by atoms with Gasteiger partial charge in [0.25, 0.3) is 0 Å². The van der Waals surface area contributed by atoms with Crippen molar-refractivity contribution in [2.75, 3.05) is 19.6 Å². The zero-order valence-electron chi connectivity index (χ0n) is 15.5. The van der Waals surface area contributed by atoms with Crippen LogP contribution >= 0.6 is 0 Å². The summed E-state index contributed by atoms with van der Waals surface area (Å²) in [5.41, 5.74) is 2.32. The van der Waals surface area contributed by atoms with E-state index in [-0.39, 0.29) is 23.1 Å². The molecule has 1 amide bonds. The molecule has 1 aromatic carbocycles. The number of amides is 1. The quantitative estimate of drug-likeness (QED) is 0.853. The highest BCUT2D eigenvalue weighted by molar-refractivity contribution is 5.82. The summed E-state index contributed by atoms with van der Waals surface area (Å²) in [7, 11) is 0. The van der Waals surface area contributed by atoms with Crippen LogP contribution in [0.3, 0.4) is 0 Å². The summed E-state index contributed by atoms with van der Waals surface area (Å²) >= 11 is 0. The van der Waals surface area contributed by atoms with E-state index in [4.69, 9.17) is 0 Å². The summed E-state index contributed by atoms with van der Waals surface area (Å²) in [6.07, 6.45) is 7.52. The van der Waals surface area contributed by atoms with E-state index >= 15 is 0 Å². The zero-order valence-corrected chi connectivity index (χ0v) is 15.5. The van der Waals surface area contributed by atoms with Gasteiger partial charge in [-0.3, -0.25) is 9.78 Å². The van der Waals surface area contributed by atoms with Gasteiger partial charge in [0.15, 0.2) is 0 Å². The number of carbonyl (C=O) groups is 1. The molecule has 1 saturated heterocycles. The summed E-state index contributed by atoms with van der Waals surface area (Å²) in [5, 5.41) is 3.40. The number of hydrogen-bond donors (Lipinski definition) is 1. The molecule has 0 unspecified atom stereocenters. The molecule has 142 valence electrons. The van der Waals surface area contributed by atoms with Crippen molar-refractivity contribution in [2.45, 2.75) is 32.2 Å². The lowest BCUT2D eigenvalue weighted by Gasteiger charge is -2.27. The minimum absolute atomic E-state index is 0.157. The van der Waals surface area contributed by atoms with Gasteiger partial charge in [-0.25, -0.2) is 4.39 Å². The first-order chi connectivity index (χ1) is 13.2. The average molecular weight is 367 g/mol. The van der Waals surface area contributed by atoms with Crippen molar-refractivity contribution in [3.63, 3.8) is 0 Å². The Hall–Kier alpha value is -2.27. The highest BCUT2D eigenvalue weighted by Crippen LogP contribution is 2.59. The molecule has 4 nitrogen and oxygen atoms in total. The van der Waals surface area contributed by atoms with Crippen molar-refractivity contribution in [1.82, 2.24) is 15.2 Å². The van der Waals surface area contributed by atoms with Crippen molar-refractivity contribution in [3.05, 3.63) is 65.7 Å². The van der Waals surface area contributed by atoms with Gasteiger partial charge in [-0.1, -0.05) is 18.2 Å². The van der Waals surface area contributed by atoms with E-state index in [2.05, 4.69) is 10.3 Å². The third kappa shape index (κ3) is 4.19. The van der Waals surface area contributed by atoms with Crippen LogP contribution in [0.2, 0.25) is 0 Å². The summed E-state index contributed by atoms with van der Waals surface area (Å²) < 4.78 is 13.1. The molecule has 1 N–H and O–H groups in total. The van der Waals surface area contributed by atoms with E-state index < -0.39 is 0 Å². The lowest BCUT2D eigenvalue weighted by Crippen LogP contribution is -2.37. The molecular formula is C22H26FN3O. The number of carbonyl (C=O) groups excluding carboxylic acids is 1. The second kappa shape index (κ2) is 7.77. The first kappa shape index (κ1) is 18.1. The Labute approximate surface area is 159 Å². The molecule has 1 atom stereocenters. The van der Waals surface area contributed by atoms with Crippen LogP contribution in [-0.2, 0) is 17.8 Å². The SMILES string of the molecule is O=C([C@H]1CC12CCNCC2)N(CCc1ccc(F)cc1)Cc1cccnc1. The Kier molecular flexibility index (Phi) is 5.21. The zero-order chi connectivity index (χ0) is 18.7. The van der Waals surface area contributed by atoms with Gasteiger partial charge in [0.2, 0.25) is 5.91 Å². The third-order valence-corrected chi connectivity index (χ3v) is 6.08. The van der Waals surface area contributed by atoms with Gasteiger partial charge in [-0.05, 0) is 73.5 Å². The minimum atomic E-state index is -0.229. The van der Waals surface area contributed by atoms with E-state index in [0.717, 1.165) is 49.9 Å². The van der Waals surface area contributed by atoms with Gasteiger partial charge >= 0.3 is 0 Å². The highest BCUT2D eigenvalue weighted by Gasteiger charge is 2.58. The molecule has 2 aromatic rings. The molecule has 2 aliphatic rings. The van der Waals surface area contributed by atoms with E-state index in [9.17, 15) is 9.18 Å². The summed E-state index contributed by atoms with van der Waals surface area (Å²) in [6, 6.07) is 10.5. The third-order valence-electron chi connectivity index (χ3n) is 6.08. The Morgan fingerprint density at radius 3 is 2.67 bits per heavy atom. The summed E-state index contributed by atoms with van der Waals surface area (Å²) in [5.74, 6) is 0.195. The van der Waals surface area contributed by atoms with E-state index in [1.54, 1.807) is 18.3 Å². The maximum absolute atomic E-state index is 13.3. The highest BCUT2D eigenvalue weighted by atomic mass is 19.1. The number of nitrogens with zero attached hydrogens (tertiary/aromatic N) is 2. The van der Waals surface area contributed by atoms with Gasteiger partial charge in [-0.2, -0.15) is 0 Å². The molecule has 5 heteroatoms. The molecule has 1 aliphatic heterocycles. The van der Waals surface area contributed by atoms with Gasteiger partial charge in [0.1, 0.15) is 5.82 Å². The Morgan fingerprint density at radius 2 is 1.96 bits per heavy atom. The smallest absolute Gasteiger partial charge is 0.226 e. The average Bonchev–Trinajstić information content (AvgIpc) is 3.40. The van der Waals surface area contributed by atoms with Crippen LogP contribution in [0.4, 0.5) is 4.39 Å². The molecule has 2 fully saturated rings. The molecule has 4 rings (SSSR count). The van der Waals surface area contributed by atoms with Crippen LogP contribution in [0.15, 0.2) is 48.8 Å².